The van der Waals surface area contributed by atoms with Gasteiger partial charge in [0, 0.05) is 18.9 Å². The van der Waals surface area contributed by atoms with Crippen molar-refractivity contribution in [2.45, 2.75) is 30.8 Å². The lowest BCUT2D eigenvalue weighted by atomic mass is 9.70. The number of rotatable bonds is 9. The third-order valence-corrected chi connectivity index (χ3v) is 6.83. The summed E-state index contributed by atoms with van der Waals surface area (Å²) in [7, 11) is 1.23. The third-order valence-electron chi connectivity index (χ3n) is 6.83. The Bertz CT molecular complexity index is 1120. The molecule has 2 heterocycles. The highest BCUT2D eigenvalue weighted by Crippen LogP contribution is 2.44. The van der Waals surface area contributed by atoms with Crippen LogP contribution in [0, 0.1) is 11.8 Å². The van der Waals surface area contributed by atoms with Crippen LogP contribution >= 0.6 is 0 Å². The van der Waals surface area contributed by atoms with E-state index in [1.54, 1.807) is 6.08 Å². The molecule has 0 spiro atoms. The second-order valence-corrected chi connectivity index (χ2v) is 8.79. The summed E-state index contributed by atoms with van der Waals surface area (Å²) in [5.41, 5.74) is 1.84. The molecule has 0 aliphatic carbocycles. The first kappa shape index (κ1) is 24.2. The van der Waals surface area contributed by atoms with Crippen molar-refractivity contribution in [3.8, 4) is 0 Å². The molecule has 8 nitrogen and oxygen atoms in total. The topological polar surface area (TPSA) is 113 Å². The van der Waals surface area contributed by atoms with Crippen molar-refractivity contribution in [3.63, 3.8) is 0 Å². The van der Waals surface area contributed by atoms with Crippen LogP contribution in [0.25, 0.3) is 6.08 Å². The Hall–Kier alpha value is -3.94. The number of carbonyl (C=O) groups excluding carboxylic acids is 3. The summed E-state index contributed by atoms with van der Waals surface area (Å²) in [6.45, 7) is 0.414. The molecule has 4 rings (SSSR count). The highest BCUT2D eigenvalue weighted by atomic mass is 16.5. The number of nitrogens with zero attached hydrogens (tertiary/aromatic N) is 1. The Morgan fingerprint density at radius 1 is 1.09 bits per heavy atom. The first-order valence-corrected chi connectivity index (χ1v) is 11.6. The van der Waals surface area contributed by atoms with Crippen molar-refractivity contribution in [2.24, 2.45) is 11.8 Å². The Balaban J connectivity index is 1.67. The number of hydrogen-bond acceptors (Lipinski definition) is 5. The van der Waals surface area contributed by atoms with Crippen molar-refractivity contribution >= 4 is 29.8 Å². The van der Waals surface area contributed by atoms with Gasteiger partial charge in [0.2, 0.25) is 11.8 Å². The quantitative estimate of drug-likeness (QED) is 0.425. The molecule has 0 aromatic heterocycles. The van der Waals surface area contributed by atoms with Gasteiger partial charge in [0.1, 0.15) is 6.04 Å². The molecule has 2 saturated heterocycles. The summed E-state index contributed by atoms with van der Waals surface area (Å²) in [5, 5.41) is 12.8. The van der Waals surface area contributed by atoms with E-state index in [0.29, 0.717) is 6.54 Å². The SMILES string of the molecule is COC(=O)CC[C@@H](C(=O)O)N1C(=O)[C@@H](C2C(=O)NC[C@@H]2c2ccccc2)[C@H]1C=Cc1ccccc1. The Labute approximate surface area is 203 Å². The van der Waals surface area contributed by atoms with Gasteiger partial charge in [-0.15, -0.1) is 0 Å². The van der Waals surface area contributed by atoms with Crippen LogP contribution in [-0.2, 0) is 23.9 Å². The van der Waals surface area contributed by atoms with Gasteiger partial charge < -0.3 is 20.1 Å². The molecule has 2 aromatic carbocycles. The third kappa shape index (κ3) is 4.96. The van der Waals surface area contributed by atoms with Crippen LogP contribution in [0.15, 0.2) is 66.7 Å². The van der Waals surface area contributed by atoms with Crippen LogP contribution in [-0.4, -0.2) is 59.5 Å². The first-order chi connectivity index (χ1) is 16.9. The zero-order valence-electron chi connectivity index (χ0n) is 19.4. The normalized spacial score (nSPS) is 24.7. The minimum Gasteiger partial charge on any atom is -0.480 e. The van der Waals surface area contributed by atoms with Crippen LogP contribution in [0.4, 0.5) is 0 Å². The van der Waals surface area contributed by atoms with Gasteiger partial charge in [0.25, 0.3) is 0 Å². The van der Waals surface area contributed by atoms with Crippen molar-refractivity contribution in [1.29, 1.82) is 0 Å². The van der Waals surface area contributed by atoms with Gasteiger partial charge >= 0.3 is 11.9 Å². The first-order valence-electron chi connectivity index (χ1n) is 11.6. The number of likely N-dealkylation sites (tertiary alicyclic amines) is 1. The predicted molar refractivity (Wildman–Crippen MR) is 128 cm³/mol. The van der Waals surface area contributed by atoms with Gasteiger partial charge in [-0.25, -0.2) is 4.79 Å². The summed E-state index contributed by atoms with van der Waals surface area (Å²) < 4.78 is 4.65. The maximum atomic E-state index is 13.5. The van der Waals surface area contributed by atoms with Crippen molar-refractivity contribution < 1.29 is 29.0 Å². The molecule has 5 atom stereocenters. The summed E-state index contributed by atoms with van der Waals surface area (Å²) >= 11 is 0. The van der Waals surface area contributed by atoms with Crippen molar-refractivity contribution in [1.82, 2.24) is 10.2 Å². The fraction of sp³-hybridized carbons (Fsp3) is 0.333. The van der Waals surface area contributed by atoms with E-state index in [-0.39, 0.29) is 24.7 Å². The zero-order chi connectivity index (χ0) is 24.9. The van der Waals surface area contributed by atoms with Gasteiger partial charge in [-0.1, -0.05) is 72.8 Å². The molecule has 0 bridgehead atoms. The zero-order valence-corrected chi connectivity index (χ0v) is 19.4. The Morgan fingerprint density at radius 3 is 2.37 bits per heavy atom. The lowest BCUT2D eigenvalue weighted by Crippen LogP contribution is -2.68. The highest BCUT2D eigenvalue weighted by molar-refractivity contribution is 5.97. The van der Waals surface area contributed by atoms with Crippen LogP contribution in [0.1, 0.15) is 29.9 Å². The molecule has 0 radical (unpaired) electrons. The molecule has 8 heteroatoms. The fourth-order valence-electron chi connectivity index (χ4n) is 5.08. The molecular formula is C27H28N2O6. The second kappa shape index (κ2) is 10.5. The smallest absolute Gasteiger partial charge is 0.326 e. The van der Waals surface area contributed by atoms with Gasteiger partial charge in [-0.2, -0.15) is 0 Å². The van der Waals surface area contributed by atoms with E-state index in [2.05, 4.69) is 10.1 Å². The number of benzene rings is 2. The Kier molecular flexibility index (Phi) is 7.29. The fourth-order valence-corrected chi connectivity index (χ4v) is 5.08. The summed E-state index contributed by atoms with van der Waals surface area (Å²) in [4.78, 5) is 51.5. The molecule has 2 aliphatic heterocycles. The van der Waals surface area contributed by atoms with E-state index in [1.807, 2.05) is 66.7 Å². The number of carboxylic acids is 1. The van der Waals surface area contributed by atoms with E-state index in [9.17, 15) is 24.3 Å². The number of aliphatic carboxylic acids is 1. The molecule has 2 N–H and O–H groups in total. The number of ether oxygens (including phenoxy) is 1. The number of carbonyl (C=O) groups is 4. The monoisotopic (exact) mass is 476 g/mol. The lowest BCUT2D eigenvalue weighted by Gasteiger charge is -2.51. The molecular weight excluding hydrogens is 448 g/mol. The largest absolute Gasteiger partial charge is 0.480 e. The van der Waals surface area contributed by atoms with Crippen LogP contribution in [0.5, 0.6) is 0 Å². The van der Waals surface area contributed by atoms with Crippen LogP contribution < -0.4 is 5.32 Å². The molecule has 0 saturated carbocycles. The van der Waals surface area contributed by atoms with Gasteiger partial charge in [0.05, 0.1) is 25.0 Å². The summed E-state index contributed by atoms with van der Waals surface area (Å²) in [6.07, 6.45) is 3.42. The maximum Gasteiger partial charge on any atom is 0.326 e. The second-order valence-electron chi connectivity index (χ2n) is 8.79. The van der Waals surface area contributed by atoms with Gasteiger partial charge in [-0.3, -0.25) is 14.4 Å². The van der Waals surface area contributed by atoms with Crippen molar-refractivity contribution in [2.75, 3.05) is 13.7 Å². The van der Waals surface area contributed by atoms with E-state index in [1.165, 1.54) is 12.0 Å². The van der Waals surface area contributed by atoms with Gasteiger partial charge in [0.15, 0.2) is 0 Å². The minimum absolute atomic E-state index is 0.0743. The number of methoxy groups -OCH3 is 1. The maximum absolute atomic E-state index is 13.5. The molecule has 2 aromatic rings. The molecule has 182 valence electrons. The predicted octanol–water partition coefficient (Wildman–Crippen LogP) is 2.46. The standard InChI is InChI=1S/C27H28N2O6/c1-35-22(30)15-14-21(27(33)34)29-20(13-12-17-8-4-2-5-9-17)24(26(29)32)23-19(16-28-25(23)31)18-10-6-3-7-11-18/h2-13,19-21,23-24H,14-16H2,1H3,(H,28,31)(H,33,34)/t19-,20-,21+,23?,24-/m1/s1. The van der Waals surface area contributed by atoms with E-state index < -0.39 is 41.8 Å². The summed E-state index contributed by atoms with van der Waals surface area (Å²) in [5.74, 6) is -3.88. The van der Waals surface area contributed by atoms with E-state index in [4.69, 9.17) is 0 Å². The number of nitrogens with one attached hydrogen (secondary N) is 1. The van der Waals surface area contributed by atoms with Crippen molar-refractivity contribution in [3.05, 3.63) is 77.9 Å². The number of esters is 1. The average molecular weight is 477 g/mol. The lowest BCUT2D eigenvalue weighted by molar-refractivity contribution is -0.172. The number of amides is 2. The highest BCUT2D eigenvalue weighted by Gasteiger charge is 2.58. The van der Waals surface area contributed by atoms with Gasteiger partial charge in [-0.05, 0) is 17.5 Å². The van der Waals surface area contributed by atoms with E-state index >= 15 is 0 Å². The molecule has 2 aliphatic rings. The van der Waals surface area contributed by atoms with Crippen LogP contribution in [0.3, 0.4) is 0 Å². The summed E-state index contributed by atoms with van der Waals surface area (Å²) in [6, 6.07) is 17.2. The molecule has 35 heavy (non-hydrogen) atoms. The van der Waals surface area contributed by atoms with Crippen LogP contribution in [0.2, 0.25) is 0 Å². The number of carboxylic acid groups (broad SMARTS) is 1. The molecule has 2 amide bonds. The average Bonchev–Trinajstić information content (AvgIpc) is 3.25. The Morgan fingerprint density at radius 2 is 1.74 bits per heavy atom. The number of β-lactam (4-membered cyclic amide) rings is 1. The molecule has 2 fully saturated rings. The molecule has 1 unspecified atom stereocenters. The number of hydrogen-bond donors (Lipinski definition) is 2. The van der Waals surface area contributed by atoms with E-state index in [0.717, 1.165) is 11.1 Å². The minimum atomic E-state index is -1.21.